The van der Waals surface area contributed by atoms with Crippen molar-refractivity contribution >= 4 is 5.97 Å². The van der Waals surface area contributed by atoms with Gasteiger partial charge in [-0.25, -0.2) is 4.79 Å². The second-order valence-corrected chi connectivity index (χ2v) is 6.06. The van der Waals surface area contributed by atoms with Crippen LogP contribution in [0.2, 0.25) is 0 Å². The molecule has 0 radical (unpaired) electrons. The number of esters is 1. The molecule has 1 aromatic heterocycles. The molecule has 1 saturated heterocycles. The van der Waals surface area contributed by atoms with Gasteiger partial charge in [-0.2, -0.15) is 0 Å². The third-order valence-electron chi connectivity index (χ3n) is 4.65. The number of hydrogen-bond acceptors (Lipinski definition) is 4. The van der Waals surface area contributed by atoms with E-state index < -0.39 is 0 Å². The standard InChI is InChI=1S/C16H26N2O3/c1-11-15(16(20)21-4)8-14(17(11)3)10-18-7-5-6-13(9-18)12(2)19/h8,12-13,19H,5-7,9-10H2,1-4H3/t12-,13-/m0/s1. The topological polar surface area (TPSA) is 54.7 Å². The van der Waals surface area contributed by atoms with Crippen LogP contribution < -0.4 is 0 Å². The molecule has 1 aliphatic rings. The van der Waals surface area contributed by atoms with E-state index in [2.05, 4.69) is 9.47 Å². The van der Waals surface area contributed by atoms with Crippen LogP contribution in [-0.2, 0) is 18.3 Å². The van der Waals surface area contributed by atoms with Crippen LogP contribution in [0.1, 0.15) is 41.5 Å². The number of carbonyl (C=O) groups excluding carboxylic acids is 1. The van der Waals surface area contributed by atoms with Crippen molar-refractivity contribution in [2.75, 3.05) is 20.2 Å². The summed E-state index contributed by atoms with van der Waals surface area (Å²) in [6.07, 6.45) is 1.95. The number of ether oxygens (including phenoxy) is 1. The minimum absolute atomic E-state index is 0.256. The van der Waals surface area contributed by atoms with E-state index >= 15 is 0 Å². The summed E-state index contributed by atoms with van der Waals surface area (Å²) in [6, 6.07) is 1.92. The Morgan fingerprint density at radius 3 is 2.90 bits per heavy atom. The molecule has 0 unspecified atom stereocenters. The Kier molecular flexibility index (Phi) is 5.06. The van der Waals surface area contributed by atoms with Crippen molar-refractivity contribution in [3.05, 3.63) is 23.0 Å². The first-order chi connectivity index (χ1) is 9.93. The number of aliphatic hydroxyl groups is 1. The molecular formula is C16H26N2O3. The zero-order valence-electron chi connectivity index (χ0n) is 13.4. The SMILES string of the molecule is COC(=O)c1cc(CN2CCC[C@H]([C@H](C)O)C2)n(C)c1C. The fraction of sp³-hybridized carbons (Fsp3) is 0.688. The van der Waals surface area contributed by atoms with Crippen molar-refractivity contribution in [1.82, 2.24) is 9.47 Å². The molecule has 0 aliphatic carbocycles. The van der Waals surface area contributed by atoms with Crippen LogP contribution in [0.15, 0.2) is 6.07 Å². The molecule has 1 aromatic rings. The van der Waals surface area contributed by atoms with E-state index in [9.17, 15) is 9.90 Å². The number of aliphatic hydroxyl groups excluding tert-OH is 1. The average Bonchev–Trinajstić information content (AvgIpc) is 2.75. The molecule has 0 spiro atoms. The van der Waals surface area contributed by atoms with Gasteiger partial charge in [-0.05, 0) is 45.2 Å². The molecule has 0 amide bonds. The van der Waals surface area contributed by atoms with Gasteiger partial charge in [-0.1, -0.05) is 0 Å². The monoisotopic (exact) mass is 294 g/mol. The third kappa shape index (κ3) is 3.47. The first-order valence-corrected chi connectivity index (χ1v) is 7.58. The van der Waals surface area contributed by atoms with Crippen LogP contribution in [0.4, 0.5) is 0 Å². The van der Waals surface area contributed by atoms with Crippen LogP contribution in [-0.4, -0.2) is 46.8 Å². The number of nitrogens with zero attached hydrogens (tertiary/aromatic N) is 2. The Hall–Kier alpha value is -1.33. The van der Waals surface area contributed by atoms with Crippen LogP contribution >= 0.6 is 0 Å². The van der Waals surface area contributed by atoms with E-state index in [-0.39, 0.29) is 12.1 Å². The lowest BCUT2D eigenvalue weighted by Crippen LogP contribution is -2.39. The number of likely N-dealkylation sites (tertiary alicyclic amines) is 1. The number of piperidine rings is 1. The van der Waals surface area contributed by atoms with Crippen molar-refractivity contribution < 1.29 is 14.6 Å². The fourth-order valence-corrected chi connectivity index (χ4v) is 3.09. The van der Waals surface area contributed by atoms with Crippen molar-refractivity contribution in [3.8, 4) is 0 Å². The smallest absolute Gasteiger partial charge is 0.339 e. The molecule has 1 aliphatic heterocycles. The zero-order chi connectivity index (χ0) is 15.6. The van der Waals surface area contributed by atoms with Gasteiger partial charge in [0, 0.05) is 31.5 Å². The molecule has 21 heavy (non-hydrogen) atoms. The number of rotatable bonds is 4. The Bertz CT molecular complexity index is 508. The molecule has 118 valence electrons. The summed E-state index contributed by atoms with van der Waals surface area (Å²) >= 11 is 0. The largest absolute Gasteiger partial charge is 0.465 e. The highest BCUT2D eigenvalue weighted by molar-refractivity contribution is 5.91. The van der Waals surface area contributed by atoms with Gasteiger partial charge in [0.25, 0.3) is 0 Å². The fourth-order valence-electron chi connectivity index (χ4n) is 3.09. The highest BCUT2D eigenvalue weighted by Crippen LogP contribution is 2.23. The van der Waals surface area contributed by atoms with E-state index in [0.717, 1.165) is 43.9 Å². The minimum Gasteiger partial charge on any atom is -0.465 e. The summed E-state index contributed by atoms with van der Waals surface area (Å²) < 4.78 is 6.88. The molecule has 1 N–H and O–H groups in total. The van der Waals surface area contributed by atoms with Gasteiger partial charge in [0.2, 0.25) is 0 Å². The summed E-state index contributed by atoms with van der Waals surface area (Å²) in [6.45, 7) is 6.56. The van der Waals surface area contributed by atoms with Crippen LogP contribution in [0.25, 0.3) is 0 Å². The maximum Gasteiger partial charge on any atom is 0.339 e. The predicted molar refractivity (Wildman–Crippen MR) is 81.2 cm³/mol. The lowest BCUT2D eigenvalue weighted by molar-refractivity contribution is 0.0591. The van der Waals surface area contributed by atoms with E-state index in [4.69, 9.17) is 4.74 Å². The summed E-state index contributed by atoms with van der Waals surface area (Å²) in [4.78, 5) is 14.1. The summed E-state index contributed by atoms with van der Waals surface area (Å²) in [5.41, 5.74) is 2.68. The van der Waals surface area contributed by atoms with Crippen molar-refractivity contribution in [2.45, 2.75) is 39.3 Å². The van der Waals surface area contributed by atoms with E-state index in [1.165, 1.54) is 7.11 Å². The van der Waals surface area contributed by atoms with Gasteiger partial charge in [0.1, 0.15) is 0 Å². The average molecular weight is 294 g/mol. The minimum atomic E-state index is -0.283. The summed E-state index contributed by atoms with van der Waals surface area (Å²) in [5, 5.41) is 9.78. The number of aromatic nitrogens is 1. The lowest BCUT2D eigenvalue weighted by Gasteiger charge is -2.34. The Morgan fingerprint density at radius 2 is 2.29 bits per heavy atom. The molecule has 2 heterocycles. The molecular weight excluding hydrogens is 268 g/mol. The van der Waals surface area contributed by atoms with Crippen LogP contribution in [0, 0.1) is 12.8 Å². The third-order valence-corrected chi connectivity index (χ3v) is 4.65. The Morgan fingerprint density at radius 1 is 1.57 bits per heavy atom. The highest BCUT2D eigenvalue weighted by atomic mass is 16.5. The lowest BCUT2D eigenvalue weighted by atomic mass is 9.93. The maximum atomic E-state index is 11.8. The molecule has 2 rings (SSSR count). The van der Waals surface area contributed by atoms with Gasteiger partial charge < -0.3 is 14.4 Å². The predicted octanol–water partition coefficient (Wildman–Crippen LogP) is 1.71. The van der Waals surface area contributed by atoms with Gasteiger partial charge in [-0.15, -0.1) is 0 Å². The van der Waals surface area contributed by atoms with E-state index in [0.29, 0.717) is 11.5 Å². The molecule has 0 aromatic carbocycles. The molecule has 5 nitrogen and oxygen atoms in total. The van der Waals surface area contributed by atoms with E-state index in [1.54, 1.807) is 0 Å². The van der Waals surface area contributed by atoms with Gasteiger partial charge in [0.05, 0.1) is 18.8 Å². The van der Waals surface area contributed by atoms with Crippen molar-refractivity contribution in [2.24, 2.45) is 13.0 Å². The second-order valence-electron chi connectivity index (χ2n) is 6.06. The first-order valence-electron chi connectivity index (χ1n) is 7.58. The molecule has 0 saturated carbocycles. The van der Waals surface area contributed by atoms with Crippen molar-refractivity contribution in [3.63, 3.8) is 0 Å². The number of methoxy groups -OCH3 is 1. The van der Waals surface area contributed by atoms with Crippen LogP contribution in [0.5, 0.6) is 0 Å². The van der Waals surface area contributed by atoms with Gasteiger partial charge in [0.15, 0.2) is 0 Å². The molecule has 1 fully saturated rings. The van der Waals surface area contributed by atoms with Crippen molar-refractivity contribution in [1.29, 1.82) is 0 Å². The number of hydrogen-bond donors (Lipinski definition) is 1. The zero-order valence-corrected chi connectivity index (χ0v) is 13.4. The normalized spacial score (nSPS) is 21.3. The molecule has 5 heteroatoms. The van der Waals surface area contributed by atoms with Gasteiger partial charge in [-0.3, -0.25) is 4.90 Å². The molecule has 0 bridgehead atoms. The van der Waals surface area contributed by atoms with Gasteiger partial charge >= 0.3 is 5.97 Å². The Balaban J connectivity index is 2.11. The number of carbonyl (C=O) groups is 1. The van der Waals surface area contributed by atoms with E-state index in [1.807, 2.05) is 27.0 Å². The van der Waals surface area contributed by atoms with Crippen LogP contribution in [0.3, 0.4) is 0 Å². The Labute approximate surface area is 126 Å². The quantitative estimate of drug-likeness (QED) is 0.859. The molecule has 2 atom stereocenters. The maximum absolute atomic E-state index is 11.8. The summed E-state index contributed by atoms with van der Waals surface area (Å²) in [5.74, 6) is 0.0649. The first kappa shape index (κ1) is 16.0. The summed E-state index contributed by atoms with van der Waals surface area (Å²) in [7, 11) is 3.39. The second kappa shape index (κ2) is 6.62. The highest BCUT2D eigenvalue weighted by Gasteiger charge is 2.25.